The molecule has 1 N–H and O–H groups in total. The molecular formula is C11H21ClN2O. The molecule has 3 unspecified atom stereocenters. The number of hydrazine groups is 1. The van der Waals surface area contributed by atoms with Gasteiger partial charge in [-0.2, -0.15) is 0 Å². The standard InChI is InChI=1S/C11H21ClN2O/c1-6-7-8(12)9(14(5)13-7)10(15)11(2,3)4/h7-9,13H,6H2,1-5H3. The monoisotopic (exact) mass is 232 g/mol. The topological polar surface area (TPSA) is 32.3 Å². The van der Waals surface area contributed by atoms with E-state index in [4.69, 9.17) is 11.6 Å². The van der Waals surface area contributed by atoms with Gasteiger partial charge in [0.2, 0.25) is 0 Å². The van der Waals surface area contributed by atoms with Gasteiger partial charge in [-0.1, -0.05) is 27.7 Å². The van der Waals surface area contributed by atoms with E-state index in [-0.39, 0.29) is 28.7 Å². The highest BCUT2D eigenvalue weighted by molar-refractivity contribution is 6.23. The van der Waals surface area contributed by atoms with E-state index in [0.29, 0.717) is 0 Å². The van der Waals surface area contributed by atoms with Gasteiger partial charge in [0.15, 0.2) is 5.78 Å². The Morgan fingerprint density at radius 1 is 1.47 bits per heavy atom. The second-order valence-corrected chi connectivity index (χ2v) is 5.76. The zero-order chi connectivity index (χ0) is 11.8. The molecule has 0 aromatic rings. The molecule has 0 aliphatic carbocycles. The van der Waals surface area contributed by atoms with Crippen LogP contribution in [0.2, 0.25) is 0 Å². The normalized spacial score (nSPS) is 33.3. The van der Waals surface area contributed by atoms with Gasteiger partial charge >= 0.3 is 0 Å². The molecule has 0 saturated carbocycles. The summed E-state index contributed by atoms with van der Waals surface area (Å²) in [5.41, 5.74) is 2.90. The molecule has 1 heterocycles. The maximum atomic E-state index is 12.2. The van der Waals surface area contributed by atoms with Crippen LogP contribution in [0.4, 0.5) is 0 Å². The lowest BCUT2D eigenvalue weighted by Crippen LogP contribution is -2.45. The molecule has 0 spiro atoms. The van der Waals surface area contributed by atoms with Crippen molar-refractivity contribution in [3.05, 3.63) is 0 Å². The Morgan fingerprint density at radius 3 is 2.33 bits per heavy atom. The summed E-state index contributed by atoms with van der Waals surface area (Å²) in [6.45, 7) is 7.88. The zero-order valence-electron chi connectivity index (χ0n) is 10.2. The summed E-state index contributed by atoms with van der Waals surface area (Å²) < 4.78 is 0. The SMILES string of the molecule is CCC1NN(C)C(C(=O)C(C)(C)C)C1Cl. The molecule has 0 bridgehead atoms. The maximum Gasteiger partial charge on any atom is 0.158 e. The second-order valence-electron chi connectivity index (χ2n) is 5.26. The number of halogens is 1. The fourth-order valence-electron chi connectivity index (χ4n) is 1.93. The molecule has 3 nitrogen and oxygen atoms in total. The van der Waals surface area contributed by atoms with Crippen LogP contribution in [-0.4, -0.2) is 35.3 Å². The first-order valence-electron chi connectivity index (χ1n) is 5.46. The highest BCUT2D eigenvalue weighted by Gasteiger charge is 2.45. The van der Waals surface area contributed by atoms with Crippen molar-refractivity contribution in [2.24, 2.45) is 5.41 Å². The number of Topliss-reactive ketones (excluding diaryl/α,β-unsaturated/α-hetero) is 1. The van der Waals surface area contributed by atoms with Crippen molar-refractivity contribution in [2.45, 2.75) is 51.6 Å². The van der Waals surface area contributed by atoms with Crippen molar-refractivity contribution in [2.75, 3.05) is 7.05 Å². The van der Waals surface area contributed by atoms with Gasteiger partial charge in [0.1, 0.15) is 6.04 Å². The molecule has 0 aromatic carbocycles. The van der Waals surface area contributed by atoms with Crippen LogP contribution >= 0.6 is 11.6 Å². The van der Waals surface area contributed by atoms with E-state index in [9.17, 15) is 4.79 Å². The second kappa shape index (κ2) is 4.40. The zero-order valence-corrected chi connectivity index (χ0v) is 10.9. The van der Waals surface area contributed by atoms with E-state index < -0.39 is 0 Å². The molecule has 0 aromatic heterocycles. The van der Waals surface area contributed by atoms with Gasteiger partial charge in [0.05, 0.1) is 5.38 Å². The van der Waals surface area contributed by atoms with E-state index >= 15 is 0 Å². The third-order valence-corrected chi connectivity index (χ3v) is 3.46. The van der Waals surface area contributed by atoms with Crippen LogP contribution in [0.15, 0.2) is 0 Å². The van der Waals surface area contributed by atoms with Gasteiger partial charge in [0.25, 0.3) is 0 Å². The van der Waals surface area contributed by atoms with Crippen LogP contribution in [-0.2, 0) is 4.79 Å². The summed E-state index contributed by atoms with van der Waals surface area (Å²) in [7, 11) is 1.89. The van der Waals surface area contributed by atoms with Crippen molar-refractivity contribution in [1.29, 1.82) is 0 Å². The number of likely N-dealkylation sites (N-methyl/N-ethyl adjacent to an activating group) is 1. The van der Waals surface area contributed by atoms with Crippen LogP contribution in [0.25, 0.3) is 0 Å². The number of nitrogens with zero attached hydrogens (tertiary/aromatic N) is 1. The van der Waals surface area contributed by atoms with E-state index in [1.54, 1.807) is 0 Å². The Labute approximate surface area is 97.1 Å². The smallest absolute Gasteiger partial charge is 0.158 e. The lowest BCUT2D eigenvalue weighted by molar-refractivity contribution is -0.130. The number of hydrogen-bond acceptors (Lipinski definition) is 3. The van der Waals surface area contributed by atoms with E-state index in [0.717, 1.165) is 6.42 Å². The molecule has 0 radical (unpaired) electrons. The molecule has 1 rings (SSSR count). The number of rotatable bonds is 2. The quantitative estimate of drug-likeness (QED) is 0.737. The summed E-state index contributed by atoms with van der Waals surface area (Å²) in [5.74, 6) is 0.202. The van der Waals surface area contributed by atoms with Gasteiger partial charge in [0, 0.05) is 18.5 Å². The van der Waals surface area contributed by atoms with Crippen molar-refractivity contribution in [3.8, 4) is 0 Å². The van der Waals surface area contributed by atoms with Crippen molar-refractivity contribution in [3.63, 3.8) is 0 Å². The molecular weight excluding hydrogens is 212 g/mol. The van der Waals surface area contributed by atoms with Crippen LogP contribution in [0.1, 0.15) is 34.1 Å². The lowest BCUT2D eigenvalue weighted by atomic mass is 9.84. The summed E-state index contributed by atoms with van der Waals surface area (Å²) in [5, 5.41) is 1.73. The number of alkyl halides is 1. The minimum atomic E-state index is -0.337. The van der Waals surface area contributed by atoms with Crippen molar-refractivity contribution in [1.82, 2.24) is 10.4 Å². The third-order valence-electron chi connectivity index (χ3n) is 2.92. The average Bonchev–Trinajstić information content (AvgIpc) is 2.39. The van der Waals surface area contributed by atoms with Crippen LogP contribution < -0.4 is 5.43 Å². The van der Waals surface area contributed by atoms with Crippen molar-refractivity contribution < 1.29 is 4.79 Å². The van der Waals surface area contributed by atoms with Gasteiger partial charge in [-0.15, -0.1) is 11.6 Å². The fourth-order valence-corrected chi connectivity index (χ4v) is 2.45. The number of nitrogens with one attached hydrogen (secondary N) is 1. The predicted octanol–water partition coefficient (Wildman–Crippen LogP) is 1.81. The molecule has 1 saturated heterocycles. The van der Waals surface area contributed by atoms with Crippen LogP contribution in [0.5, 0.6) is 0 Å². The first kappa shape index (κ1) is 12.9. The Bertz CT molecular complexity index is 249. The highest BCUT2D eigenvalue weighted by Crippen LogP contribution is 2.28. The summed E-state index contributed by atoms with van der Waals surface area (Å²) >= 11 is 6.32. The molecule has 1 aliphatic rings. The van der Waals surface area contributed by atoms with E-state index in [2.05, 4.69) is 12.3 Å². The van der Waals surface area contributed by atoms with Gasteiger partial charge in [-0.3, -0.25) is 10.2 Å². The predicted molar refractivity (Wildman–Crippen MR) is 62.9 cm³/mol. The number of carbonyl (C=O) groups is 1. The number of carbonyl (C=O) groups excluding carboxylic acids is 1. The Morgan fingerprint density at radius 2 is 2.00 bits per heavy atom. The van der Waals surface area contributed by atoms with E-state index in [1.807, 2.05) is 32.8 Å². The van der Waals surface area contributed by atoms with Crippen molar-refractivity contribution >= 4 is 17.4 Å². The number of hydrogen-bond donors (Lipinski definition) is 1. The third kappa shape index (κ3) is 2.52. The summed E-state index contributed by atoms with van der Waals surface area (Å²) in [6.07, 6.45) is 0.937. The van der Waals surface area contributed by atoms with Crippen LogP contribution in [0.3, 0.4) is 0 Å². The number of ketones is 1. The van der Waals surface area contributed by atoms with E-state index in [1.165, 1.54) is 0 Å². The Kier molecular flexibility index (Phi) is 3.80. The first-order valence-corrected chi connectivity index (χ1v) is 5.90. The molecule has 1 fully saturated rings. The minimum absolute atomic E-state index is 0.133. The minimum Gasteiger partial charge on any atom is -0.297 e. The largest absolute Gasteiger partial charge is 0.297 e. The maximum absolute atomic E-state index is 12.2. The molecule has 4 heteroatoms. The Balaban J connectivity index is 2.83. The van der Waals surface area contributed by atoms with Crippen LogP contribution in [0, 0.1) is 5.41 Å². The van der Waals surface area contributed by atoms with Gasteiger partial charge in [-0.05, 0) is 6.42 Å². The first-order chi connectivity index (χ1) is 6.79. The van der Waals surface area contributed by atoms with Gasteiger partial charge < -0.3 is 0 Å². The molecule has 1 aliphatic heterocycles. The average molecular weight is 233 g/mol. The highest BCUT2D eigenvalue weighted by atomic mass is 35.5. The molecule has 3 atom stereocenters. The molecule has 88 valence electrons. The van der Waals surface area contributed by atoms with Gasteiger partial charge in [-0.25, -0.2) is 5.01 Å². The molecule has 0 amide bonds. The summed E-state index contributed by atoms with van der Waals surface area (Å²) in [6, 6.07) is -0.00965. The molecule has 15 heavy (non-hydrogen) atoms. The lowest BCUT2D eigenvalue weighted by Gasteiger charge is -2.27. The summed E-state index contributed by atoms with van der Waals surface area (Å²) in [4.78, 5) is 12.2. The Hall–Kier alpha value is -0.120. The fraction of sp³-hybridized carbons (Fsp3) is 0.909.